The maximum Gasteiger partial charge on any atom is 0.188 e. The molecule has 4 heteroatoms. The molecule has 1 fully saturated rings. The highest BCUT2D eigenvalue weighted by Crippen LogP contribution is 1.93. The average Bonchev–Trinajstić information content (AvgIpc) is 1.90. The third kappa shape index (κ3) is 1.57. The van der Waals surface area contributed by atoms with Crippen LogP contribution in [0.3, 0.4) is 0 Å². The van der Waals surface area contributed by atoms with Gasteiger partial charge in [-0.25, -0.2) is 0 Å². The number of guanidine groups is 1. The van der Waals surface area contributed by atoms with Gasteiger partial charge in [-0.05, 0) is 0 Å². The van der Waals surface area contributed by atoms with E-state index in [4.69, 9.17) is 11.1 Å². The minimum Gasteiger partial charge on any atom is -0.370 e. The highest BCUT2D eigenvalue weighted by Gasteiger charge is 2.09. The molecule has 1 aliphatic heterocycles. The van der Waals surface area contributed by atoms with Crippen LogP contribution in [0.2, 0.25) is 0 Å². The quantitative estimate of drug-likeness (QED) is 0.287. The molecule has 4 N–H and O–H groups in total. The third-order valence-electron chi connectivity index (χ3n) is 1.29. The largest absolute Gasteiger partial charge is 0.370 e. The Kier molecular flexibility index (Phi) is 1.89. The van der Waals surface area contributed by atoms with Crippen molar-refractivity contribution in [2.24, 2.45) is 5.73 Å². The molecule has 1 aliphatic rings. The minimum atomic E-state index is 0.136. The van der Waals surface area contributed by atoms with E-state index in [9.17, 15) is 0 Å². The van der Waals surface area contributed by atoms with E-state index in [2.05, 4.69) is 5.32 Å². The molecule has 0 amide bonds. The molecular weight excluding hydrogens is 116 g/mol. The van der Waals surface area contributed by atoms with Gasteiger partial charge >= 0.3 is 0 Å². The molecule has 1 saturated heterocycles. The second kappa shape index (κ2) is 2.68. The van der Waals surface area contributed by atoms with Crippen LogP contribution in [0.15, 0.2) is 0 Å². The minimum absolute atomic E-state index is 0.136. The van der Waals surface area contributed by atoms with Gasteiger partial charge in [-0.3, -0.25) is 5.41 Å². The van der Waals surface area contributed by atoms with E-state index < -0.39 is 0 Å². The number of hydrogen-bond donors (Lipinski definition) is 3. The fourth-order valence-corrected chi connectivity index (χ4v) is 0.786. The standard InChI is InChI=1S/C5H11N4/c6-5(7)9-3-1-8-2-4-9/h3,8H,1-2,4H2,(H3,6,7). The van der Waals surface area contributed by atoms with E-state index in [1.165, 1.54) is 0 Å². The molecule has 4 nitrogen and oxygen atoms in total. The van der Waals surface area contributed by atoms with Gasteiger partial charge in [0.15, 0.2) is 5.96 Å². The van der Waals surface area contributed by atoms with Crippen molar-refractivity contribution in [2.75, 3.05) is 19.6 Å². The first-order valence-electron chi connectivity index (χ1n) is 2.95. The maximum absolute atomic E-state index is 7.03. The molecule has 0 unspecified atom stereocenters. The molecule has 0 saturated carbocycles. The van der Waals surface area contributed by atoms with Gasteiger partial charge in [0.25, 0.3) is 0 Å². The van der Waals surface area contributed by atoms with Gasteiger partial charge in [0, 0.05) is 19.6 Å². The summed E-state index contributed by atoms with van der Waals surface area (Å²) in [6.07, 6.45) is 0. The maximum atomic E-state index is 7.03. The Labute approximate surface area is 54.5 Å². The molecule has 0 spiro atoms. The first-order valence-corrected chi connectivity index (χ1v) is 2.95. The van der Waals surface area contributed by atoms with Crippen molar-refractivity contribution < 1.29 is 0 Å². The van der Waals surface area contributed by atoms with Crippen LogP contribution in [0.4, 0.5) is 0 Å². The second-order valence-corrected chi connectivity index (χ2v) is 1.97. The SMILES string of the molecule is N=C(N)N1[CH]CNCC1. The predicted molar refractivity (Wildman–Crippen MR) is 35.8 cm³/mol. The van der Waals surface area contributed by atoms with Crippen LogP contribution in [-0.2, 0) is 0 Å². The summed E-state index contributed by atoms with van der Waals surface area (Å²) < 4.78 is 0. The molecule has 0 aromatic rings. The van der Waals surface area contributed by atoms with E-state index in [0.29, 0.717) is 0 Å². The zero-order valence-corrected chi connectivity index (χ0v) is 5.22. The van der Waals surface area contributed by atoms with E-state index in [-0.39, 0.29) is 5.96 Å². The molecule has 0 aromatic carbocycles. The highest BCUT2D eigenvalue weighted by atomic mass is 15.3. The Hall–Kier alpha value is -0.770. The summed E-state index contributed by atoms with van der Waals surface area (Å²) in [7, 11) is 0. The second-order valence-electron chi connectivity index (χ2n) is 1.97. The first-order chi connectivity index (χ1) is 4.30. The van der Waals surface area contributed by atoms with Crippen LogP contribution in [0.1, 0.15) is 0 Å². The Bertz CT molecular complexity index is 106. The highest BCUT2D eigenvalue weighted by molar-refractivity contribution is 5.75. The Morgan fingerprint density at radius 1 is 1.78 bits per heavy atom. The van der Waals surface area contributed by atoms with Crippen LogP contribution in [0.25, 0.3) is 0 Å². The summed E-state index contributed by atoms with van der Waals surface area (Å²) in [6, 6.07) is 0. The molecule has 0 bridgehead atoms. The number of nitrogens with one attached hydrogen (secondary N) is 2. The molecule has 0 aliphatic carbocycles. The van der Waals surface area contributed by atoms with Crippen LogP contribution < -0.4 is 11.1 Å². The Morgan fingerprint density at radius 3 is 2.89 bits per heavy atom. The summed E-state index contributed by atoms with van der Waals surface area (Å²) in [5.41, 5.74) is 5.22. The zero-order chi connectivity index (χ0) is 6.69. The fourth-order valence-electron chi connectivity index (χ4n) is 0.786. The monoisotopic (exact) mass is 127 g/mol. The van der Waals surface area contributed by atoms with E-state index in [1.54, 1.807) is 4.90 Å². The number of rotatable bonds is 0. The van der Waals surface area contributed by atoms with Crippen LogP contribution in [0, 0.1) is 12.0 Å². The molecule has 51 valence electrons. The molecule has 0 aromatic heterocycles. The lowest BCUT2D eigenvalue weighted by atomic mass is 10.4. The lowest BCUT2D eigenvalue weighted by Crippen LogP contribution is -2.45. The van der Waals surface area contributed by atoms with Crippen LogP contribution >= 0.6 is 0 Å². The smallest absolute Gasteiger partial charge is 0.188 e. The van der Waals surface area contributed by atoms with Crippen LogP contribution in [-0.4, -0.2) is 30.5 Å². The number of hydrogen-bond acceptors (Lipinski definition) is 2. The topological polar surface area (TPSA) is 65.1 Å². The van der Waals surface area contributed by atoms with Crippen molar-refractivity contribution in [3.05, 3.63) is 6.54 Å². The Morgan fingerprint density at radius 2 is 2.56 bits per heavy atom. The van der Waals surface area contributed by atoms with Crippen molar-refractivity contribution in [3.8, 4) is 0 Å². The van der Waals surface area contributed by atoms with Crippen LogP contribution in [0.5, 0.6) is 0 Å². The van der Waals surface area contributed by atoms with E-state index in [1.807, 2.05) is 6.54 Å². The summed E-state index contributed by atoms with van der Waals surface area (Å²) in [5, 5.41) is 10.2. The van der Waals surface area contributed by atoms with Crippen molar-refractivity contribution in [2.45, 2.75) is 0 Å². The van der Waals surface area contributed by atoms with Gasteiger partial charge < -0.3 is 16.0 Å². The van der Waals surface area contributed by atoms with E-state index in [0.717, 1.165) is 19.6 Å². The first kappa shape index (κ1) is 6.35. The molecule has 1 rings (SSSR count). The van der Waals surface area contributed by atoms with Crippen molar-refractivity contribution in [3.63, 3.8) is 0 Å². The Balaban J connectivity index is 2.31. The zero-order valence-electron chi connectivity index (χ0n) is 5.22. The molecule has 0 atom stereocenters. The summed E-state index contributed by atoms with van der Waals surface area (Å²) in [5.74, 6) is 0.136. The molecule has 1 radical (unpaired) electrons. The van der Waals surface area contributed by atoms with Crippen molar-refractivity contribution in [1.29, 1.82) is 5.41 Å². The fraction of sp³-hybridized carbons (Fsp3) is 0.600. The lowest BCUT2D eigenvalue weighted by Gasteiger charge is -2.26. The molecule has 9 heavy (non-hydrogen) atoms. The predicted octanol–water partition coefficient (Wildman–Crippen LogP) is -1.05. The van der Waals surface area contributed by atoms with Gasteiger partial charge in [-0.1, -0.05) is 0 Å². The van der Waals surface area contributed by atoms with E-state index >= 15 is 0 Å². The average molecular weight is 127 g/mol. The van der Waals surface area contributed by atoms with Gasteiger partial charge in [-0.15, -0.1) is 0 Å². The molecular formula is C5H11N4. The number of piperazine rings is 1. The number of nitrogens with two attached hydrogens (primary N) is 1. The normalized spacial score (nSPS) is 19.8. The summed E-state index contributed by atoms with van der Waals surface area (Å²) in [4.78, 5) is 1.73. The van der Waals surface area contributed by atoms with Gasteiger partial charge in [0.1, 0.15) is 0 Å². The van der Waals surface area contributed by atoms with Gasteiger partial charge in [0.2, 0.25) is 0 Å². The summed E-state index contributed by atoms with van der Waals surface area (Å²) in [6.45, 7) is 4.43. The number of nitrogens with zero attached hydrogens (tertiary/aromatic N) is 1. The third-order valence-corrected chi connectivity index (χ3v) is 1.29. The molecule has 1 heterocycles. The summed E-state index contributed by atoms with van der Waals surface area (Å²) >= 11 is 0. The van der Waals surface area contributed by atoms with Crippen molar-refractivity contribution >= 4 is 5.96 Å². The van der Waals surface area contributed by atoms with Gasteiger partial charge in [0.05, 0.1) is 6.54 Å². The van der Waals surface area contributed by atoms with Gasteiger partial charge in [-0.2, -0.15) is 0 Å². The van der Waals surface area contributed by atoms with Crippen molar-refractivity contribution in [1.82, 2.24) is 10.2 Å². The lowest BCUT2D eigenvalue weighted by molar-refractivity contribution is 0.412.